The topological polar surface area (TPSA) is 17.1 Å². The summed E-state index contributed by atoms with van der Waals surface area (Å²) in [6.45, 7) is 2.25. The molecule has 1 nitrogen and oxygen atoms in total. The second kappa shape index (κ2) is 10.3. The van der Waals surface area contributed by atoms with Gasteiger partial charge in [-0.15, -0.1) is 0 Å². The van der Waals surface area contributed by atoms with E-state index in [-0.39, 0.29) is 5.12 Å². The molecule has 0 heterocycles. The van der Waals surface area contributed by atoms with Crippen LogP contribution in [-0.2, 0) is 6.42 Å². The average molecular weight is 327 g/mol. The van der Waals surface area contributed by atoms with Gasteiger partial charge in [0.05, 0.1) is 0 Å². The van der Waals surface area contributed by atoms with Crippen molar-refractivity contribution < 1.29 is 4.79 Å². The highest BCUT2D eigenvalue weighted by Gasteiger charge is 2.07. The van der Waals surface area contributed by atoms with Crippen molar-refractivity contribution >= 4 is 16.9 Å². The van der Waals surface area contributed by atoms with Crippen LogP contribution in [0, 0.1) is 0 Å². The molecule has 0 radical (unpaired) electrons. The van der Waals surface area contributed by atoms with Crippen LogP contribution in [0.1, 0.15) is 61.4 Å². The van der Waals surface area contributed by atoms with Gasteiger partial charge in [0, 0.05) is 10.5 Å². The summed E-state index contributed by atoms with van der Waals surface area (Å²) in [5, 5.41) is 0.113. The molecule has 23 heavy (non-hydrogen) atoms. The number of unbranched alkanes of at least 4 members (excludes halogenated alkanes) is 5. The number of thioether (sulfide) groups is 1. The van der Waals surface area contributed by atoms with Crippen molar-refractivity contribution in [3.8, 4) is 0 Å². The monoisotopic (exact) mass is 326 g/mol. The van der Waals surface area contributed by atoms with Crippen LogP contribution >= 0.6 is 11.8 Å². The summed E-state index contributed by atoms with van der Waals surface area (Å²) in [6, 6.07) is 17.9. The first-order valence-corrected chi connectivity index (χ1v) is 9.47. The Kier molecular flexibility index (Phi) is 7.96. The Morgan fingerprint density at radius 1 is 0.826 bits per heavy atom. The molecule has 2 aromatic carbocycles. The van der Waals surface area contributed by atoms with Crippen LogP contribution in [0.25, 0.3) is 0 Å². The molecule has 122 valence electrons. The molecule has 0 N–H and O–H groups in total. The number of benzene rings is 2. The Labute approximate surface area is 144 Å². The predicted octanol–water partition coefficient (Wildman–Crippen LogP) is 6.52. The van der Waals surface area contributed by atoms with Gasteiger partial charge in [0.15, 0.2) is 0 Å². The zero-order valence-corrected chi connectivity index (χ0v) is 14.8. The zero-order chi connectivity index (χ0) is 16.3. The molecule has 0 aliphatic heterocycles. The van der Waals surface area contributed by atoms with E-state index < -0.39 is 0 Å². The van der Waals surface area contributed by atoms with E-state index in [2.05, 4.69) is 19.1 Å². The average Bonchev–Trinajstić information content (AvgIpc) is 2.59. The first-order valence-electron chi connectivity index (χ1n) is 8.66. The van der Waals surface area contributed by atoms with Crippen LogP contribution in [0.5, 0.6) is 0 Å². The Bertz CT molecular complexity index is 575. The molecule has 0 bridgehead atoms. The number of aryl methyl sites for hydroxylation is 1. The molecule has 0 unspecified atom stereocenters. The summed E-state index contributed by atoms with van der Waals surface area (Å²) in [6.07, 6.45) is 9.04. The van der Waals surface area contributed by atoms with E-state index in [0.29, 0.717) is 0 Å². The molecule has 0 atom stereocenters. The van der Waals surface area contributed by atoms with E-state index >= 15 is 0 Å². The fraction of sp³-hybridized carbons (Fsp3) is 0.381. The van der Waals surface area contributed by atoms with Gasteiger partial charge in [-0.25, -0.2) is 0 Å². The first kappa shape index (κ1) is 17.8. The van der Waals surface area contributed by atoms with Crippen molar-refractivity contribution in [2.45, 2.75) is 56.8 Å². The minimum absolute atomic E-state index is 0.113. The van der Waals surface area contributed by atoms with Crippen LogP contribution in [0.2, 0.25) is 0 Å². The summed E-state index contributed by atoms with van der Waals surface area (Å²) >= 11 is 1.29. The van der Waals surface area contributed by atoms with Gasteiger partial charge >= 0.3 is 0 Å². The van der Waals surface area contributed by atoms with E-state index in [1.807, 2.05) is 42.5 Å². The lowest BCUT2D eigenvalue weighted by atomic mass is 10.0. The fourth-order valence-corrected chi connectivity index (χ4v) is 3.33. The fourth-order valence-electron chi connectivity index (χ4n) is 2.57. The van der Waals surface area contributed by atoms with Crippen LogP contribution in [0.4, 0.5) is 0 Å². The summed E-state index contributed by atoms with van der Waals surface area (Å²) in [5.41, 5.74) is 2.12. The second-order valence-corrected chi connectivity index (χ2v) is 6.96. The number of carbonyl (C=O) groups excluding carboxylic acids is 1. The molecule has 0 saturated heterocycles. The second-order valence-electron chi connectivity index (χ2n) is 5.92. The first-order chi connectivity index (χ1) is 11.3. The van der Waals surface area contributed by atoms with Crippen molar-refractivity contribution in [2.24, 2.45) is 0 Å². The van der Waals surface area contributed by atoms with Crippen LogP contribution < -0.4 is 0 Å². The highest BCUT2D eigenvalue weighted by molar-refractivity contribution is 8.14. The van der Waals surface area contributed by atoms with Gasteiger partial charge in [-0.05, 0) is 42.3 Å². The van der Waals surface area contributed by atoms with E-state index in [1.165, 1.54) is 55.9 Å². The highest BCUT2D eigenvalue weighted by atomic mass is 32.2. The predicted molar refractivity (Wildman–Crippen MR) is 100 cm³/mol. The van der Waals surface area contributed by atoms with E-state index in [9.17, 15) is 4.79 Å². The van der Waals surface area contributed by atoms with Crippen LogP contribution in [0.15, 0.2) is 59.5 Å². The molecule has 0 spiro atoms. The molecule has 0 amide bonds. The summed E-state index contributed by atoms with van der Waals surface area (Å²) in [7, 11) is 0. The van der Waals surface area contributed by atoms with Crippen molar-refractivity contribution in [1.29, 1.82) is 0 Å². The highest BCUT2D eigenvalue weighted by Crippen LogP contribution is 2.22. The number of hydrogen-bond donors (Lipinski definition) is 0. The van der Waals surface area contributed by atoms with Crippen molar-refractivity contribution in [2.75, 3.05) is 0 Å². The van der Waals surface area contributed by atoms with Gasteiger partial charge in [0.25, 0.3) is 0 Å². The third-order valence-electron chi connectivity index (χ3n) is 3.96. The van der Waals surface area contributed by atoms with Crippen molar-refractivity contribution in [3.05, 3.63) is 65.7 Å². The molecular formula is C21H26OS. The number of rotatable bonds is 9. The molecule has 0 fully saturated rings. The van der Waals surface area contributed by atoms with E-state index in [0.717, 1.165) is 16.9 Å². The lowest BCUT2D eigenvalue weighted by molar-refractivity contribution is 0.108. The van der Waals surface area contributed by atoms with Crippen LogP contribution in [0.3, 0.4) is 0 Å². The zero-order valence-electron chi connectivity index (χ0n) is 14.0. The Hall–Kier alpha value is -1.54. The third-order valence-corrected chi connectivity index (χ3v) is 4.89. The molecule has 0 saturated carbocycles. The maximum absolute atomic E-state index is 12.2. The Morgan fingerprint density at radius 2 is 1.48 bits per heavy atom. The largest absolute Gasteiger partial charge is 0.281 e. The van der Waals surface area contributed by atoms with Gasteiger partial charge in [0.2, 0.25) is 5.12 Å². The normalized spacial score (nSPS) is 10.7. The summed E-state index contributed by atoms with van der Waals surface area (Å²) in [4.78, 5) is 13.2. The lowest BCUT2D eigenvalue weighted by Crippen LogP contribution is -1.94. The minimum atomic E-state index is 0.113. The number of carbonyl (C=O) groups is 1. The molecule has 0 aliphatic rings. The standard InChI is InChI=1S/C21H26OS/c1-2-3-4-5-6-8-11-18-14-16-19(17-15-18)21(22)23-20-12-9-7-10-13-20/h7,9-10,12-17H,2-6,8,11H2,1H3. The quantitative estimate of drug-likeness (QED) is 0.385. The molecule has 2 rings (SSSR count). The van der Waals surface area contributed by atoms with Gasteiger partial charge in [-0.3, -0.25) is 4.79 Å². The maximum atomic E-state index is 12.2. The van der Waals surface area contributed by atoms with Gasteiger partial charge < -0.3 is 0 Å². The lowest BCUT2D eigenvalue weighted by Gasteiger charge is -2.04. The SMILES string of the molecule is CCCCCCCCc1ccc(C(=O)Sc2ccccc2)cc1. The molecule has 0 aliphatic carbocycles. The van der Waals surface area contributed by atoms with Crippen molar-refractivity contribution in [1.82, 2.24) is 0 Å². The van der Waals surface area contributed by atoms with Gasteiger partial charge in [0.1, 0.15) is 0 Å². The van der Waals surface area contributed by atoms with Gasteiger partial charge in [-0.2, -0.15) is 0 Å². The van der Waals surface area contributed by atoms with E-state index in [4.69, 9.17) is 0 Å². The molecular weight excluding hydrogens is 300 g/mol. The Morgan fingerprint density at radius 3 is 2.17 bits per heavy atom. The summed E-state index contributed by atoms with van der Waals surface area (Å²) in [5.74, 6) is 0. The molecule has 2 heteroatoms. The Balaban J connectivity index is 1.76. The third kappa shape index (κ3) is 6.62. The summed E-state index contributed by atoms with van der Waals surface area (Å²) < 4.78 is 0. The van der Waals surface area contributed by atoms with Crippen molar-refractivity contribution in [3.63, 3.8) is 0 Å². The van der Waals surface area contributed by atoms with Gasteiger partial charge in [-0.1, -0.05) is 81.5 Å². The smallest absolute Gasteiger partial charge is 0.224 e. The molecule has 0 aromatic heterocycles. The molecule has 2 aromatic rings. The maximum Gasteiger partial charge on any atom is 0.224 e. The number of hydrogen-bond acceptors (Lipinski definition) is 2. The van der Waals surface area contributed by atoms with E-state index in [1.54, 1.807) is 0 Å². The van der Waals surface area contributed by atoms with Crippen LogP contribution in [-0.4, -0.2) is 5.12 Å². The minimum Gasteiger partial charge on any atom is -0.281 e.